The zero-order chi connectivity index (χ0) is 14.4. The monoisotopic (exact) mass is 276 g/mol. The third-order valence-electron chi connectivity index (χ3n) is 4.26. The molecule has 112 valence electrons. The molecule has 1 saturated heterocycles. The maximum atomic E-state index is 5.33. The van der Waals surface area contributed by atoms with Crippen molar-refractivity contribution in [1.82, 2.24) is 10.2 Å². The summed E-state index contributed by atoms with van der Waals surface area (Å²) in [5.74, 6) is 0.959. The van der Waals surface area contributed by atoms with Gasteiger partial charge in [0.25, 0.3) is 0 Å². The van der Waals surface area contributed by atoms with E-state index < -0.39 is 0 Å². The molecule has 3 heteroatoms. The van der Waals surface area contributed by atoms with E-state index in [1.165, 1.54) is 30.4 Å². The van der Waals surface area contributed by atoms with Crippen molar-refractivity contribution in [2.45, 2.75) is 39.2 Å². The van der Waals surface area contributed by atoms with E-state index in [2.05, 4.69) is 42.3 Å². The first-order valence-electron chi connectivity index (χ1n) is 7.85. The van der Waals surface area contributed by atoms with Crippen LogP contribution in [0.2, 0.25) is 0 Å². The lowest BCUT2D eigenvalue weighted by molar-refractivity contribution is 0.162. The molecule has 0 radical (unpaired) electrons. The van der Waals surface area contributed by atoms with Gasteiger partial charge in [-0.1, -0.05) is 25.8 Å². The van der Waals surface area contributed by atoms with Crippen LogP contribution in [0.3, 0.4) is 0 Å². The zero-order valence-corrected chi connectivity index (χ0v) is 13.1. The fourth-order valence-corrected chi connectivity index (χ4v) is 3.08. The Bertz CT molecular complexity index is 413. The fourth-order valence-electron chi connectivity index (χ4n) is 3.08. The molecule has 1 fully saturated rings. The third kappa shape index (κ3) is 3.74. The van der Waals surface area contributed by atoms with Gasteiger partial charge in [-0.3, -0.25) is 4.90 Å². The molecule has 0 amide bonds. The zero-order valence-electron chi connectivity index (χ0n) is 13.1. The van der Waals surface area contributed by atoms with Crippen molar-refractivity contribution < 1.29 is 4.74 Å². The highest BCUT2D eigenvalue weighted by atomic mass is 16.5. The van der Waals surface area contributed by atoms with Crippen molar-refractivity contribution in [2.24, 2.45) is 0 Å². The highest BCUT2D eigenvalue weighted by Crippen LogP contribution is 2.31. The molecule has 0 unspecified atom stereocenters. The first kappa shape index (κ1) is 15.3. The molecule has 0 bridgehead atoms. The Balaban J connectivity index is 2.20. The Morgan fingerprint density at radius 3 is 2.65 bits per heavy atom. The van der Waals surface area contributed by atoms with Crippen molar-refractivity contribution in [1.29, 1.82) is 0 Å². The second kappa shape index (κ2) is 7.65. The second-order valence-corrected chi connectivity index (χ2v) is 5.67. The summed E-state index contributed by atoms with van der Waals surface area (Å²) < 4.78 is 5.33. The molecular formula is C17H28N2O. The van der Waals surface area contributed by atoms with Gasteiger partial charge in [0.2, 0.25) is 0 Å². The van der Waals surface area contributed by atoms with Gasteiger partial charge < -0.3 is 10.1 Å². The predicted molar refractivity (Wildman–Crippen MR) is 84.4 cm³/mol. The number of methoxy groups -OCH3 is 1. The maximum absolute atomic E-state index is 5.33. The number of piperazine rings is 1. The predicted octanol–water partition coefficient (Wildman–Crippen LogP) is 3.14. The average molecular weight is 276 g/mol. The normalized spacial score (nSPS) is 17.9. The lowest BCUT2D eigenvalue weighted by Crippen LogP contribution is -2.45. The molecular weight excluding hydrogens is 248 g/mol. The molecule has 1 aliphatic rings. The average Bonchev–Trinajstić information content (AvgIpc) is 2.50. The van der Waals surface area contributed by atoms with E-state index in [1.807, 2.05) is 0 Å². The molecule has 0 saturated carbocycles. The molecule has 2 rings (SSSR count). The van der Waals surface area contributed by atoms with Gasteiger partial charge in [0, 0.05) is 32.2 Å². The van der Waals surface area contributed by atoms with Gasteiger partial charge in [0.15, 0.2) is 0 Å². The van der Waals surface area contributed by atoms with Crippen LogP contribution in [0.5, 0.6) is 5.75 Å². The lowest BCUT2D eigenvalue weighted by atomic mass is 9.95. The molecule has 1 heterocycles. The first-order chi connectivity index (χ1) is 9.76. The lowest BCUT2D eigenvalue weighted by Gasteiger charge is -2.36. The molecule has 0 aliphatic carbocycles. The Morgan fingerprint density at radius 1 is 1.30 bits per heavy atom. The summed E-state index contributed by atoms with van der Waals surface area (Å²) in [6, 6.07) is 7.08. The first-order valence-corrected chi connectivity index (χ1v) is 7.85. The number of nitrogens with zero attached hydrogens (tertiary/aromatic N) is 1. The maximum Gasteiger partial charge on any atom is 0.119 e. The largest absolute Gasteiger partial charge is 0.497 e. The molecule has 1 aliphatic heterocycles. The van der Waals surface area contributed by atoms with E-state index in [1.54, 1.807) is 7.11 Å². The number of hydrogen-bond acceptors (Lipinski definition) is 3. The topological polar surface area (TPSA) is 24.5 Å². The number of ether oxygens (including phenoxy) is 1. The number of rotatable bonds is 6. The molecule has 0 spiro atoms. The van der Waals surface area contributed by atoms with Crippen molar-refractivity contribution >= 4 is 0 Å². The number of unbranched alkanes of at least 4 members (excludes halogenated alkanes) is 1. The minimum Gasteiger partial charge on any atom is -0.497 e. The van der Waals surface area contributed by atoms with Crippen LogP contribution in [0.15, 0.2) is 18.2 Å². The van der Waals surface area contributed by atoms with Gasteiger partial charge >= 0.3 is 0 Å². The Kier molecular flexibility index (Phi) is 5.86. The van der Waals surface area contributed by atoms with Crippen LogP contribution in [-0.2, 0) is 0 Å². The number of aryl methyl sites for hydroxylation is 1. The summed E-state index contributed by atoms with van der Waals surface area (Å²) in [6.07, 6.45) is 3.81. The third-order valence-corrected chi connectivity index (χ3v) is 4.26. The highest BCUT2D eigenvalue weighted by molar-refractivity contribution is 5.36. The van der Waals surface area contributed by atoms with Gasteiger partial charge in [-0.2, -0.15) is 0 Å². The summed E-state index contributed by atoms with van der Waals surface area (Å²) in [6.45, 7) is 9.00. The van der Waals surface area contributed by atoms with Crippen LogP contribution in [0, 0.1) is 6.92 Å². The molecule has 0 aromatic heterocycles. The van der Waals surface area contributed by atoms with Crippen LogP contribution in [-0.4, -0.2) is 38.2 Å². The minimum absolute atomic E-state index is 0.558. The minimum atomic E-state index is 0.558. The standard InChI is InChI=1S/C17H28N2O/c1-4-5-6-17(19-11-9-18-10-12-19)16-8-7-15(20-3)13-14(16)2/h7-8,13,17-18H,4-6,9-12H2,1-3H3/t17-/m0/s1. The quantitative estimate of drug-likeness (QED) is 0.864. The molecule has 1 N–H and O–H groups in total. The van der Waals surface area contributed by atoms with Crippen LogP contribution >= 0.6 is 0 Å². The summed E-state index contributed by atoms with van der Waals surface area (Å²) in [7, 11) is 1.74. The number of nitrogens with one attached hydrogen (secondary N) is 1. The van der Waals surface area contributed by atoms with Crippen LogP contribution in [0.4, 0.5) is 0 Å². The smallest absolute Gasteiger partial charge is 0.119 e. The van der Waals surface area contributed by atoms with E-state index in [0.29, 0.717) is 6.04 Å². The van der Waals surface area contributed by atoms with Gasteiger partial charge in [-0.25, -0.2) is 0 Å². The van der Waals surface area contributed by atoms with E-state index in [9.17, 15) is 0 Å². The van der Waals surface area contributed by atoms with E-state index >= 15 is 0 Å². The van der Waals surface area contributed by atoms with Crippen molar-refractivity contribution in [3.63, 3.8) is 0 Å². The Morgan fingerprint density at radius 2 is 2.05 bits per heavy atom. The second-order valence-electron chi connectivity index (χ2n) is 5.67. The summed E-state index contributed by atoms with van der Waals surface area (Å²) in [4.78, 5) is 2.64. The van der Waals surface area contributed by atoms with Crippen molar-refractivity contribution in [2.75, 3.05) is 33.3 Å². The summed E-state index contributed by atoms with van der Waals surface area (Å²) >= 11 is 0. The SMILES string of the molecule is CCCC[C@@H](c1ccc(OC)cc1C)N1CCNCC1. The summed E-state index contributed by atoms with van der Waals surface area (Å²) in [5.41, 5.74) is 2.82. The molecule has 1 aromatic carbocycles. The van der Waals surface area contributed by atoms with E-state index in [-0.39, 0.29) is 0 Å². The Labute approximate surface area is 123 Å². The van der Waals surface area contributed by atoms with E-state index in [0.717, 1.165) is 31.9 Å². The Hall–Kier alpha value is -1.06. The van der Waals surface area contributed by atoms with Crippen LogP contribution < -0.4 is 10.1 Å². The van der Waals surface area contributed by atoms with Crippen molar-refractivity contribution in [3.05, 3.63) is 29.3 Å². The van der Waals surface area contributed by atoms with Crippen molar-refractivity contribution in [3.8, 4) is 5.75 Å². The highest BCUT2D eigenvalue weighted by Gasteiger charge is 2.23. The van der Waals surface area contributed by atoms with Gasteiger partial charge in [0.1, 0.15) is 5.75 Å². The van der Waals surface area contributed by atoms with Gasteiger partial charge in [-0.15, -0.1) is 0 Å². The fraction of sp³-hybridized carbons (Fsp3) is 0.647. The van der Waals surface area contributed by atoms with Gasteiger partial charge in [0.05, 0.1) is 7.11 Å². The number of hydrogen-bond donors (Lipinski definition) is 1. The molecule has 1 atom stereocenters. The van der Waals surface area contributed by atoms with Crippen LogP contribution in [0.1, 0.15) is 43.4 Å². The summed E-state index contributed by atoms with van der Waals surface area (Å²) in [5, 5.41) is 3.45. The molecule has 3 nitrogen and oxygen atoms in total. The van der Waals surface area contributed by atoms with E-state index in [4.69, 9.17) is 4.74 Å². The van der Waals surface area contributed by atoms with Gasteiger partial charge in [-0.05, 0) is 36.6 Å². The van der Waals surface area contributed by atoms with Crippen LogP contribution in [0.25, 0.3) is 0 Å². The number of benzene rings is 1. The molecule has 20 heavy (non-hydrogen) atoms. The molecule has 1 aromatic rings.